The van der Waals surface area contributed by atoms with E-state index in [1.165, 1.54) is 5.56 Å². The monoisotopic (exact) mass is 312 g/mol. The van der Waals surface area contributed by atoms with Gasteiger partial charge in [-0.05, 0) is 40.0 Å². The summed E-state index contributed by atoms with van der Waals surface area (Å²) in [7, 11) is 0. The first kappa shape index (κ1) is 12.3. The Bertz CT molecular complexity index is 433. The molecule has 0 unspecified atom stereocenters. The van der Waals surface area contributed by atoms with E-state index in [-0.39, 0.29) is 0 Å². The van der Waals surface area contributed by atoms with Crippen LogP contribution in [-0.2, 0) is 6.42 Å². The number of fused-ring (bicyclic) bond motifs is 1. The number of piperazine rings is 1. The Morgan fingerprint density at radius 2 is 2.06 bits per heavy atom. The predicted octanol–water partition coefficient (Wildman–Crippen LogP) is 1.63. The Balaban J connectivity index is 1.64. The number of nitrogens with zero attached hydrogens (tertiary/aromatic N) is 1. The van der Waals surface area contributed by atoms with Crippen molar-refractivity contribution in [1.29, 1.82) is 0 Å². The quantitative estimate of drug-likeness (QED) is 0.920. The van der Waals surface area contributed by atoms with Gasteiger partial charge in [-0.1, -0.05) is 0 Å². The molecule has 2 heterocycles. The van der Waals surface area contributed by atoms with Gasteiger partial charge in [0, 0.05) is 32.7 Å². The predicted molar refractivity (Wildman–Crippen MR) is 73.3 cm³/mol. The lowest BCUT2D eigenvalue weighted by molar-refractivity contribution is 0.173. The fourth-order valence-electron chi connectivity index (χ4n) is 2.39. The third-order valence-electron chi connectivity index (χ3n) is 3.41. The van der Waals surface area contributed by atoms with E-state index in [0.29, 0.717) is 6.79 Å². The molecule has 2 aliphatic heterocycles. The highest BCUT2D eigenvalue weighted by Gasteiger charge is 2.18. The smallest absolute Gasteiger partial charge is 0.231 e. The van der Waals surface area contributed by atoms with E-state index in [1.807, 2.05) is 0 Å². The Morgan fingerprint density at radius 1 is 1.22 bits per heavy atom. The molecule has 5 heteroatoms. The van der Waals surface area contributed by atoms with Crippen molar-refractivity contribution in [2.24, 2.45) is 0 Å². The second-order valence-corrected chi connectivity index (χ2v) is 5.51. The number of halogens is 1. The average Bonchev–Trinajstić information content (AvgIpc) is 2.86. The maximum absolute atomic E-state index is 5.44. The van der Waals surface area contributed by atoms with Crippen LogP contribution in [0.4, 0.5) is 0 Å². The first-order valence-electron chi connectivity index (χ1n) is 6.34. The van der Waals surface area contributed by atoms with Crippen LogP contribution in [0.25, 0.3) is 0 Å². The zero-order valence-corrected chi connectivity index (χ0v) is 11.8. The van der Waals surface area contributed by atoms with Gasteiger partial charge in [0.25, 0.3) is 0 Å². The Morgan fingerprint density at radius 3 is 2.89 bits per heavy atom. The SMILES string of the molecule is Brc1cc(CCN2CCNCC2)cc2c1OCO2. The van der Waals surface area contributed by atoms with Gasteiger partial charge >= 0.3 is 0 Å². The molecule has 98 valence electrons. The maximum atomic E-state index is 5.44. The van der Waals surface area contributed by atoms with Crippen LogP contribution in [0.2, 0.25) is 0 Å². The van der Waals surface area contributed by atoms with E-state index >= 15 is 0 Å². The molecule has 0 amide bonds. The molecule has 0 bridgehead atoms. The molecule has 1 aromatic carbocycles. The highest BCUT2D eigenvalue weighted by Crippen LogP contribution is 2.40. The summed E-state index contributed by atoms with van der Waals surface area (Å²) in [6.07, 6.45) is 1.05. The Labute approximate surface area is 115 Å². The van der Waals surface area contributed by atoms with E-state index in [9.17, 15) is 0 Å². The number of ether oxygens (including phenoxy) is 2. The number of nitrogens with one attached hydrogen (secondary N) is 1. The van der Waals surface area contributed by atoms with Crippen molar-refractivity contribution in [1.82, 2.24) is 10.2 Å². The number of rotatable bonds is 3. The van der Waals surface area contributed by atoms with Gasteiger partial charge in [0.15, 0.2) is 11.5 Å². The molecule has 0 atom stereocenters. The van der Waals surface area contributed by atoms with Crippen molar-refractivity contribution in [3.05, 3.63) is 22.2 Å². The second-order valence-electron chi connectivity index (χ2n) is 4.65. The van der Waals surface area contributed by atoms with Gasteiger partial charge in [0.05, 0.1) is 4.47 Å². The fourth-order valence-corrected chi connectivity index (χ4v) is 2.99. The molecule has 3 rings (SSSR count). The minimum atomic E-state index is 0.329. The van der Waals surface area contributed by atoms with E-state index in [4.69, 9.17) is 9.47 Å². The highest BCUT2D eigenvalue weighted by atomic mass is 79.9. The number of hydrogen-bond donors (Lipinski definition) is 1. The molecule has 1 N–H and O–H groups in total. The molecule has 1 aromatic rings. The molecule has 2 aliphatic rings. The third kappa shape index (κ3) is 2.63. The summed E-state index contributed by atoms with van der Waals surface area (Å²) < 4.78 is 11.8. The molecule has 0 aliphatic carbocycles. The minimum absolute atomic E-state index is 0.329. The first-order valence-corrected chi connectivity index (χ1v) is 7.13. The lowest BCUT2D eigenvalue weighted by Gasteiger charge is -2.27. The molecule has 4 nitrogen and oxygen atoms in total. The second kappa shape index (κ2) is 5.47. The van der Waals surface area contributed by atoms with Crippen molar-refractivity contribution >= 4 is 15.9 Å². The molecule has 0 radical (unpaired) electrons. The summed E-state index contributed by atoms with van der Waals surface area (Å²) in [5, 5.41) is 3.37. The molecule has 0 saturated carbocycles. The van der Waals surface area contributed by atoms with Crippen molar-refractivity contribution in [3.63, 3.8) is 0 Å². The van der Waals surface area contributed by atoms with Crippen molar-refractivity contribution in [2.75, 3.05) is 39.5 Å². The maximum Gasteiger partial charge on any atom is 0.231 e. The van der Waals surface area contributed by atoms with Crippen LogP contribution in [-0.4, -0.2) is 44.4 Å². The van der Waals surface area contributed by atoms with Crippen LogP contribution in [0, 0.1) is 0 Å². The first-order chi connectivity index (χ1) is 8.83. The van der Waals surface area contributed by atoms with Crippen LogP contribution in [0.5, 0.6) is 11.5 Å². The lowest BCUT2D eigenvalue weighted by atomic mass is 10.1. The summed E-state index contributed by atoms with van der Waals surface area (Å²) in [5.74, 6) is 1.70. The van der Waals surface area contributed by atoms with Crippen molar-refractivity contribution in [2.45, 2.75) is 6.42 Å². The summed E-state index contributed by atoms with van der Waals surface area (Å²) in [5.41, 5.74) is 1.30. The van der Waals surface area contributed by atoms with Gasteiger partial charge in [-0.25, -0.2) is 0 Å². The molecular formula is C13H17BrN2O2. The Kier molecular flexibility index (Phi) is 3.72. The minimum Gasteiger partial charge on any atom is -0.454 e. The molecule has 0 aromatic heterocycles. The lowest BCUT2D eigenvalue weighted by Crippen LogP contribution is -2.44. The zero-order valence-electron chi connectivity index (χ0n) is 10.2. The molecule has 1 fully saturated rings. The van der Waals surface area contributed by atoms with Crippen LogP contribution in [0.15, 0.2) is 16.6 Å². The van der Waals surface area contributed by atoms with E-state index in [0.717, 1.165) is 55.1 Å². The van der Waals surface area contributed by atoms with Gasteiger partial charge in [-0.15, -0.1) is 0 Å². The van der Waals surface area contributed by atoms with Crippen LogP contribution >= 0.6 is 15.9 Å². The van der Waals surface area contributed by atoms with Crippen molar-refractivity contribution in [3.8, 4) is 11.5 Å². The topological polar surface area (TPSA) is 33.7 Å². The number of benzene rings is 1. The fraction of sp³-hybridized carbons (Fsp3) is 0.538. The highest BCUT2D eigenvalue weighted by molar-refractivity contribution is 9.10. The van der Waals surface area contributed by atoms with Gasteiger partial charge < -0.3 is 19.7 Å². The van der Waals surface area contributed by atoms with Gasteiger partial charge in [0.2, 0.25) is 6.79 Å². The van der Waals surface area contributed by atoms with Crippen LogP contribution < -0.4 is 14.8 Å². The van der Waals surface area contributed by atoms with Crippen molar-refractivity contribution < 1.29 is 9.47 Å². The largest absolute Gasteiger partial charge is 0.454 e. The zero-order chi connectivity index (χ0) is 12.4. The summed E-state index contributed by atoms with van der Waals surface area (Å²) in [6, 6.07) is 4.23. The van der Waals surface area contributed by atoms with E-state index in [2.05, 4.69) is 38.3 Å². The van der Waals surface area contributed by atoms with Gasteiger partial charge in [-0.3, -0.25) is 0 Å². The summed E-state index contributed by atoms with van der Waals surface area (Å²) in [4.78, 5) is 2.50. The summed E-state index contributed by atoms with van der Waals surface area (Å²) in [6.45, 7) is 5.93. The van der Waals surface area contributed by atoms with Gasteiger partial charge in [0.1, 0.15) is 0 Å². The normalized spacial score (nSPS) is 19.2. The standard InChI is InChI=1S/C13H17BrN2O2/c14-11-7-10(8-12-13(11)18-9-17-12)1-4-16-5-2-15-3-6-16/h7-8,15H,1-6,9H2. The Hall–Kier alpha value is -0.780. The van der Waals surface area contributed by atoms with E-state index < -0.39 is 0 Å². The average molecular weight is 313 g/mol. The molecule has 0 spiro atoms. The van der Waals surface area contributed by atoms with E-state index in [1.54, 1.807) is 0 Å². The summed E-state index contributed by atoms with van der Waals surface area (Å²) >= 11 is 3.54. The molecule has 1 saturated heterocycles. The molecular weight excluding hydrogens is 296 g/mol. The van der Waals surface area contributed by atoms with Gasteiger partial charge in [-0.2, -0.15) is 0 Å². The van der Waals surface area contributed by atoms with Crippen LogP contribution in [0.1, 0.15) is 5.56 Å². The molecule has 18 heavy (non-hydrogen) atoms. The third-order valence-corrected chi connectivity index (χ3v) is 4.00. The van der Waals surface area contributed by atoms with Crippen LogP contribution in [0.3, 0.4) is 0 Å². The number of hydrogen-bond acceptors (Lipinski definition) is 4.